The van der Waals surface area contributed by atoms with Gasteiger partial charge in [0.05, 0.1) is 19.3 Å². The number of carbonyl (C=O) groups is 2. The molecule has 0 saturated carbocycles. The molecular weight excluding hydrogens is 498 g/mol. The van der Waals surface area contributed by atoms with E-state index in [1.54, 1.807) is 13.2 Å². The Bertz CT molecular complexity index is 1410. The normalized spacial score (nSPS) is 19.1. The summed E-state index contributed by atoms with van der Waals surface area (Å²) >= 11 is 6.36. The Morgan fingerprint density at radius 3 is 2.45 bits per heavy atom. The van der Waals surface area contributed by atoms with E-state index in [-0.39, 0.29) is 18.3 Å². The first-order valence-corrected chi connectivity index (χ1v) is 13.2. The summed E-state index contributed by atoms with van der Waals surface area (Å²) in [4.78, 5) is 27.2. The fourth-order valence-electron chi connectivity index (χ4n) is 5.42. The summed E-state index contributed by atoms with van der Waals surface area (Å²) in [5, 5.41) is 3.96. The number of ether oxygens (including phenoxy) is 2. The Hall–Kier alpha value is -3.83. The molecule has 5 nitrogen and oxygen atoms in total. The molecule has 0 radical (unpaired) electrons. The highest BCUT2D eigenvalue weighted by atomic mass is 35.5. The zero-order valence-electron chi connectivity index (χ0n) is 21.5. The number of allylic oxidation sites excluding steroid dienone is 3. The Kier molecular flexibility index (Phi) is 7.66. The van der Waals surface area contributed by atoms with E-state index in [4.69, 9.17) is 21.1 Å². The molecule has 3 aromatic rings. The van der Waals surface area contributed by atoms with Crippen LogP contribution < -0.4 is 10.1 Å². The van der Waals surface area contributed by atoms with Crippen molar-refractivity contribution in [2.45, 2.75) is 38.0 Å². The van der Waals surface area contributed by atoms with Gasteiger partial charge in [-0.1, -0.05) is 66.2 Å². The van der Waals surface area contributed by atoms with Gasteiger partial charge < -0.3 is 14.8 Å². The molecular formula is C32H30ClNO4. The minimum Gasteiger partial charge on any atom is -0.497 e. The van der Waals surface area contributed by atoms with E-state index in [1.165, 1.54) is 0 Å². The lowest BCUT2D eigenvalue weighted by Gasteiger charge is -2.36. The predicted octanol–water partition coefficient (Wildman–Crippen LogP) is 6.50. The van der Waals surface area contributed by atoms with Crippen LogP contribution in [0.4, 0.5) is 0 Å². The third-order valence-corrected chi connectivity index (χ3v) is 7.52. The van der Waals surface area contributed by atoms with E-state index >= 15 is 0 Å². The Morgan fingerprint density at radius 1 is 0.974 bits per heavy atom. The molecule has 0 saturated heterocycles. The second kappa shape index (κ2) is 11.3. The molecule has 5 rings (SSSR count). The quantitative estimate of drug-likeness (QED) is 0.355. The first-order valence-electron chi connectivity index (χ1n) is 12.8. The largest absolute Gasteiger partial charge is 0.497 e. The van der Waals surface area contributed by atoms with Gasteiger partial charge in [-0.3, -0.25) is 4.79 Å². The van der Waals surface area contributed by atoms with Gasteiger partial charge in [-0.05, 0) is 60.2 Å². The van der Waals surface area contributed by atoms with Gasteiger partial charge in [0.2, 0.25) is 0 Å². The Labute approximate surface area is 228 Å². The van der Waals surface area contributed by atoms with Crippen molar-refractivity contribution < 1.29 is 19.1 Å². The number of dihydropyridines is 1. The number of hydrogen-bond donors (Lipinski definition) is 1. The first-order chi connectivity index (χ1) is 18.4. The molecule has 6 heteroatoms. The second-order valence-electron chi connectivity index (χ2n) is 9.72. The van der Waals surface area contributed by atoms with E-state index < -0.39 is 11.9 Å². The summed E-state index contributed by atoms with van der Waals surface area (Å²) < 4.78 is 11.0. The van der Waals surface area contributed by atoms with Crippen LogP contribution in [0, 0.1) is 0 Å². The lowest BCUT2D eigenvalue weighted by molar-refractivity contribution is -0.139. The van der Waals surface area contributed by atoms with Gasteiger partial charge in [0.15, 0.2) is 5.78 Å². The summed E-state index contributed by atoms with van der Waals surface area (Å²) in [6.07, 6.45) is 1.64. The maximum atomic E-state index is 13.7. The van der Waals surface area contributed by atoms with Gasteiger partial charge in [-0.15, -0.1) is 0 Å². The minimum absolute atomic E-state index is 0.0200. The van der Waals surface area contributed by atoms with Crippen molar-refractivity contribution in [3.8, 4) is 5.75 Å². The topological polar surface area (TPSA) is 64.6 Å². The molecule has 0 aromatic heterocycles. The molecule has 3 aromatic carbocycles. The lowest BCUT2D eigenvalue weighted by Crippen LogP contribution is -2.36. The average Bonchev–Trinajstić information content (AvgIpc) is 2.92. The molecule has 38 heavy (non-hydrogen) atoms. The van der Waals surface area contributed by atoms with Crippen molar-refractivity contribution in [3.05, 3.63) is 123 Å². The SMILES string of the molecule is COc1ccc([C@@H]2CC(=O)C3=C(C2)NC(C)=C(C(=O)OCCc2ccccc2)[C@H]3c2cccc(Cl)c2)cc1. The zero-order valence-corrected chi connectivity index (χ0v) is 22.3. The molecule has 0 bridgehead atoms. The molecule has 0 amide bonds. The number of esters is 1. The van der Waals surface area contributed by atoms with Crippen LogP contribution in [-0.4, -0.2) is 25.5 Å². The number of rotatable bonds is 7. The smallest absolute Gasteiger partial charge is 0.336 e. The Balaban J connectivity index is 1.45. The number of methoxy groups -OCH3 is 1. The fourth-order valence-corrected chi connectivity index (χ4v) is 5.62. The summed E-state index contributed by atoms with van der Waals surface area (Å²) in [5.74, 6) is -0.133. The van der Waals surface area contributed by atoms with E-state index in [0.717, 1.165) is 28.1 Å². The average molecular weight is 528 g/mol. The van der Waals surface area contributed by atoms with Crippen molar-refractivity contribution in [2.75, 3.05) is 13.7 Å². The molecule has 1 N–H and O–H groups in total. The third kappa shape index (κ3) is 5.39. The number of carbonyl (C=O) groups excluding carboxylic acids is 2. The summed E-state index contributed by atoms with van der Waals surface area (Å²) in [5.41, 5.74) is 5.60. The van der Waals surface area contributed by atoms with Gasteiger partial charge in [-0.25, -0.2) is 4.79 Å². The van der Waals surface area contributed by atoms with Crippen molar-refractivity contribution in [1.29, 1.82) is 0 Å². The number of nitrogens with one attached hydrogen (secondary N) is 1. The van der Waals surface area contributed by atoms with E-state index in [0.29, 0.717) is 41.1 Å². The van der Waals surface area contributed by atoms with Crippen LogP contribution >= 0.6 is 11.6 Å². The first kappa shape index (κ1) is 25.8. The van der Waals surface area contributed by atoms with Gasteiger partial charge in [-0.2, -0.15) is 0 Å². The standard InChI is InChI=1S/C32H30ClNO4/c1-20-29(32(36)38-16-15-21-7-4-3-5-8-21)30(23-9-6-10-25(33)17-23)31-27(34-20)18-24(19-28(31)35)22-11-13-26(37-2)14-12-22/h3-14,17,24,30,34H,15-16,18-19H2,1-2H3/t24-,30+/m0/s1. The number of benzene rings is 3. The van der Waals surface area contributed by atoms with Crippen LogP contribution in [0.5, 0.6) is 5.75 Å². The maximum absolute atomic E-state index is 13.7. The minimum atomic E-state index is -0.543. The highest BCUT2D eigenvalue weighted by Gasteiger charge is 2.41. The molecule has 1 heterocycles. The Morgan fingerprint density at radius 2 is 1.74 bits per heavy atom. The van der Waals surface area contributed by atoms with Crippen LogP contribution in [0.25, 0.3) is 0 Å². The lowest BCUT2D eigenvalue weighted by atomic mass is 9.72. The summed E-state index contributed by atoms with van der Waals surface area (Å²) in [7, 11) is 1.64. The van der Waals surface area contributed by atoms with Crippen LogP contribution in [-0.2, 0) is 20.7 Å². The van der Waals surface area contributed by atoms with Crippen molar-refractivity contribution in [1.82, 2.24) is 5.32 Å². The van der Waals surface area contributed by atoms with Crippen LogP contribution in [0.2, 0.25) is 5.02 Å². The second-order valence-corrected chi connectivity index (χ2v) is 10.2. The van der Waals surface area contributed by atoms with Crippen LogP contribution in [0.3, 0.4) is 0 Å². The molecule has 1 aliphatic heterocycles. The van der Waals surface area contributed by atoms with Crippen LogP contribution in [0.15, 0.2) is 101 Å². The molecule has 0 spiro atoms. The monoisotopic (exact) mass is 527 g/mol. The van der Waals surface area contributed by atoms with E-state index in [1.807, 2.05) is 79.7 Å². The summed E-state index contributed by atoms with van der Waals surface area (Å²) in [6.45, 7) is 2.12. The van der Waals surface area contributed by atoms with E-state index in [9.17, 15) is 9.59 Å². The van der Waals surface area contributed by atoms with Crippen LogP contribution in [0.1, 0.15) is 48.3 Å². The third-order valence-electron chi connectivity index (χ3n) is 7.28. The fraction of sp³-hybridized carbons (Fsp3) is 0.250. The molecule has 0 fully saturated rings. The van der Waals surface area contributed by atoms with Gasteiger partial charge in [0.1, 0.15) is 5.75 Å². The van der Waals surface area contributed by atoms with Gasteiger partial charge >= 0.3 is 5.97 Å². The maximum Gasteiger partial charge on any atom is 0.336 e. The van der Waals surface area contributed by atoms with Crippen molar-refractivity contribution in [3.63, 3.8) is 0 Å². The molecule has 1 aliphatic carbocycles. The highest BCUT2D eigenvalue weighted by Crippen LogP contribution is 2.46. The number of halogens is 1. The molecule has 2 atom stereocenters. The zero-order chi connectivity index (χ0) is 26.6. The number of Topliss-reactive ketones (excluding diaryl/α,β-unsaturated/α-hetero) is 1. The van der Waals surface area contributed by atoms with Gasteiger partial charge in [0, 0.05) is 40.7 Å². The predicted molar refractivity (Wildman–Crippen MR) is 148 cm³/mol. The number of hydrogen-bond acceptors (Lipinski definition) is 5. The molecule has 194 valence electrons. The summed E-state index contributed by atoms with van der Waals surface area (Å²) in [6, 6.07) is 25.1. The van der Waals surface area contributed by atoms with E-state index in [2.05, 4.69) is 5.32 Å². The number of ketones is 1. The molecule has 0 unspecified atom stereocenters. The van der Waals surface area contributed by atoms with Crippen molar-refractivity contribution in [2.24, 2.45) is 0 Å². The molecule has 2 aliphatic rings. The highest BCUT2D eigenvalue weighted by molar-refractivity contribution is 6.30. The van der Waals surface area contributed by atoms with Gasteiger partial charge in [0.25, 0.3) is 0 Å². The van der Waals surface area contributed by atoms with Crippen molar-refractivity contribution >= 4 is 23.4 Å².